The second kappa shape index (κ2) is 4.03. The van der Waals surface area contributed by atoms with Gasteiger partial charge in [0.05, 0.1) is 0 Å². The summed E-state index contributed by atoms with van der Waals surface area (Å²) in [6.07, 6.45) is 7.92. The van der Waals surface area contributed by atoms with Crippen LogP contribution < -0.4 is 3.27 Å². The van der Waals surface area contributed by atoms with Gasteiger partial charge in [-0.1, -0.05) is 0 Å². The monoisotopic (exact) mass is 405 g/mol. The zero-order valence-electron chi connectivity index (χ0n) is 12.2. The summed E-state index contributed by atoms with van der Waals surface area (Å²) in [7, 11) is 0. The van der Waals surface area contributed by atoms with Crippen LogP contribution in [0.1, 0.15) is 12.8 Å². The molecule has 0 unspecified atom stereocenters. The van der Waals surface area contributed by atoms with Crippen LogP contribution >= 0.6 is 0 Å². The molecule has 0 saturated heterocycles. The Morgan fingerprint density at radius 2 is 1.22 bits per heavy atom. The summed E-state index contributed by atoms with van der Waals surface area (Å²) in [6.45, 7) is 0. The van der Waals surface area contributed by atoms with Gasteiger partial charge < -0.3 is 0 Å². The number of halogens is 5. The molecule has 0 radical (unpaired) electrons. The second-order valence-corrected chi connectivity index (χ2v) is 18.5. The van der Waals surface area contributed by atoms with Gasteiger partial charge in [0.1, 0.15) is 0 Å². The van der Waals surface area contributed by atoms with Gasteiger partial charge in [0.15, 0.2) is 0 Å². The average molecular weight is 407 g/mol. The fourth-order valence-electron chi connectivity index (χ4n) is 3.50. The van der Waals surface area contributed by atoms with Crippen molar-refractivity contribution in [3.8, 4) is 0 Å². The molecule has 0 spiro atoms. The van der Waals surface area contributed by atoms with E-state index in [1.165, 1.54) is 42.5 Å². The third-order valence-corrected chi connectivity index (χ3v) is 14.1. The van der Waals surface area contributed by atoms with Crippen LogP contribution in [-0.4, -0.2) is 0 Å². The van der Waals surface area contributed by atoms with E-state index in [0.717, 1.165) is 12.1 Å². The molecular weight excluding hydrogens is 390 g/mol. The normalized spacial score (nSPS) is 22.3. The molecule has 0 heterocycles. The van der Waals surface area contributed by atoms with Crippen LogP contribution in [0, 0.1) is 0 Å². The van der Waals surface area contributed by atoms with E-state index < -0.39 is 25.8 Å². The van der Waals surface area contributed by atoms with Crippen molar-refractivity contribution >= 4 is 3.27 Å². The Labute approximate surface area is 129 Å². The Balaban J connectivity index is 2.32. The molecule has 0 amide bonds. The van der Waals surface area contributed by atoms with Crippen molar-refractivity contribution in [2.45, 2.75) is 16.5 Å². The molecule has 0 aliphatic heterocycles. The summed E-state index contributed by atoms with van der Waals surface area (Å²) < 4.78 is 71.6. The van der Waals surface area contributed by atoms with Crippen LogP contribution in [0.15, 0.2) is 77.9 Å². The molecule has 1 aromatic rings. The standard InChI is InChI=1S/C11H11.C6H5.5FH.Zr/c1-2-6-10(5-1)9-11-7-3-4-8-11;1-2-4-6-5-3-1;;;;;;/h1-5,7,9H,6,8H2;1-5H;5*1H;/q;;;;;;;+5/p-5. The third-order valence-electron chi connectivity index (χ3n) is 4.52. The molecule has 0 N–H and O–H groups in total. The van der Waals surface area contributed by atoms with E-state index in [2.05, 4.69) is 0 Å². The zero-order valence-corrected chi connectivity index (χ0v) is 14.7. The fourth-order valence-corrected chi connectivity index (χ4v) is 12.2. The van der Waals surface area contributed by atoms with Gasteiger partial charge in [-0.2, -0.15) is 0 Å². The molecular formula is C17H16F5Zr. The van der Waals surface area contributed by atoms with E-state index in [1.54, 1.807) is 0 Å². The molecule has 0 atom stereocenters. The number of benzene rings is 1. The van der Waals surface area contributed by atoms with Crippen molar-refractivity contribution in [2.75, 3.05) is 0 Å². The molecule has 0 aromatic heterocycles. The SMILES string of the molecule is [F][Zr]([F])([F])([F])([F])([c]1ccccc1)[CH](C1=CC=CC1)C1=CC=CC1. The third kappa shape index (κ3) is 2.61. The van der Waals surface area contributed by atoms with E-state index in [1.807, 2.05) is 0 Å². The predicted molar refractivity (Wildman–Crippen MR) is 79.0 cm³/mol. The molecule has 1 aromatic carbocycles. The van der Waals surface area contributed by atoms with Crippen LogP contribution in [0.5, 0.6) is 0 Å². The number of rotatable bonds is 4. The Bertz CT molecular complexity index is 757. The quantitative estimate of drug-likeness (QED) is 0.534. The van der Waals surface area contributed by atoms with Gasteiger partial charge in [-0.05, 0) is 0 Å². The predicted octanol–water partition coefficient (Wildman–Crippen LogP) is 6.06. The van der Waals surface area contributed by atoms with Crippen molar-refractivity contribution in [3.05, 3.63) is 77.9 Å². The molecule has 0 fully saturated rings. The first-order valence-electron chi connectivity index (χ1n) is 7.41. The first kappa shape index (κ1) is 16.6. The van der Waals surface area contributed by atoms with E-state index in [4.69, 9.17) is 0 Å². The minimum absolute atomic E-state index is 0.101. The van der Waals surface area contributed by atoms with Gasteiger partial charge in [0, 0.05) is 0 Å². The van der Waals surface area contributed by atoms with Crippen molar-refractivity contribution in [1.29, 1.82) is 0 Å². The number of hydrogen-bond acceptors (Lipinski definition) is 0. The van der Waals surface area contributed by atoms with E-state index in [-0.39, 0.29) is 24.0 Å². The van der Waals surface area contributed by atoms with Crippen molar-refractivity contribution < 1.29 is 32.0 Å². The van der Waals surface area contributed by atoms with Gasteiger partial charge in [-0.15, -0.1) is 0 Å². The molecule has 123 valence electrons. The molecule has 0 saturated carbocycles. The summed E-state index contributed by atoms with van der Waals surface area (Å²) in [6, 6.07) is 4.33. The summed E-state index contributed by atoms with van der Waals surface area (Å²) in [5.41, 5.74) is -0.550. The second-order valence-electron chi connectivity index (χ2n) is 6.42. The van der Waals surface area contributed by atoms with Crippen LogP contribution in [0.3, 0.4) is 0 Å². The van der Waals surface area contributed by atoms with E-state index >= 15 is 13.1 Å². The van der Waals surface area contributed by atoms with Crippen molar-refractivity contribution in [1.82, 2.24) is 0 Å². The van der Waals surface area contributed by atoms with Gasteiger partial charge in [0.2, 0.25) is 0 Å². The summed E-state index contributed by atoms with van der Waals surface area (Å²) >= 11 is -11.8. The molecule has 0 nitrogen and oxygen atoms in total. The zero-order chi connectivity index (χ0) is 16.9. The van der Waals surface area contributed by atoms with E-state index in [0.29, 0.717) is 12.1 Å². The number of hydrogen-bond donors (Lipinski definition) is 0. The number of allylic oxidation sites excluding steroid dienone is 8. The molecule has 23 heavy (non-hydrogen) atoms. The van der Waals surface area contributed by atoms with Gasteiger partial charge >= 0.3 is 130 Å². The van der Waals surface area contributed by atoms with Crippen LogP contribution in [0.4, 0.5) is 13.1 Å². The summed E-state index contributed by atoms with van der Waals surface area (Å²) in [5, 5.41) is 0. The summed E-state index contributed by atoms with van der Waals surface area (Å²) in [5.74, 6) is 0. The van der Waals surface area contributed by atoms with Gasteiger partial charge in [-0.25, -0.2) is 0 Å². The Morgan fingerprint density at radius 3 is 1.61 bits per heavy atom. The van der Waals surface area contributed by atoms with Gasteiger partial charge in [0.25, 0.3) is 0 Å². The van der Waals surface area contributed by atoms with Gasteiger partial charge in [-0.3, -0.25) is 0 Å². The van der Waals surface area contributed by atoms with Crippen molar-refractivity contribution in [3.63, 3.8) is 0 Å². The molecule has 3 rings (SSSR count). The first-order valence-corrected chi connectivity index (χ1v) is 14.7. The Hall–Kier alpha value is -1.29. The van der Waals surface area contributed by atoms with Crippen molar-refractivity contribution in [2.24, 2.45) is 0 Å². The topological polar surface area (TPSA) is 0 Å². The molecule has 2 aliphatic rings. The Morgan fingerprint density at radius 1 is 0.739 bits per heavy atom. The van der Waals surface area contributed by atoms with Crippen LogP contribution in [-0.2, 0) is 18.9 Å². The van der Waals surface area contributed by atoms with Crippen LogP contribution in [0.25, 0.3) is 0 Å². The molecule has 2 aliphatic carbocycles. The van der Waals surface area contributed by atoms with E-state index in [9.17, 15) is 0 Å². The maximum atomic E-state index is 15.2. The maximum absolute atomic E-state index is 15.2. The molecule has 0 bridgehead atoms. The summed E-state index contributed by atoms with van der Waals surface area (Å²) in [4.78, 5) is 0. The fraction of sp³-hybridized carbons (Fsp3) is 0.176. The Kier molecular flexibility index (Phi) is 2.90. The average Bonchev–Trinajstić information content (AvgIpc) is 3.12. The molecule has 6 heteroatoms. The van der Waals surface area contributed by atoms with Crippen LogP contribution in [0.2, 0.25) is 3.63 Å². The minimum atomic E-state index is -11.8. The first-order chi connectivity index (χ1) is 10.4.